The number of hydrogen-bond donors (Lipinski definition) is 1. The van der Waals surface area contributed by atoms with Gasteiger partial charge in [0.25, 0.3) is 5.91 Å². The maximum Gasteiger partial charge on any atom is 0.305 e. The van der Waals surface area contributed by atoms with E-state index in [1.807, 2.05) is 26.0 Å². The molecule has 1 aromatic carbocycles. The molecule has 0 heterocycles. The summed E-state index contributed by atoms with van der Waals surface area (Å²) in [5.41, 5.74) is 0. The van der Waals surface area contributed by atoms with Crippen molar-refractivity contribution in [3.8, 4) is 5.75 Å². The highest BCUT2D eigenvalue weighted by atomic mass is 127. The first-order valence-electron chi connectivity index (χ1n) is 6.29. The molecule has 1 amide bonds. The van der Waals surface area contributed by atoms with Crippen molar-refractivity contribution < 1.29 is 19.4 Å². The molecule has 20 heavy (non-hydrogen) atoms. The summed E-state index contributed by atoms with van der Waals surface area (Å²) in [5, 5.41) is 8.69. The van der Waals surface area contributed by atoms with E-state index in [2.05, 4.69) is 22.6 Å². The Kier molecular flexibility index (Phi) is 6.77. The number of amides is 1. The van der Waals surface area contributed by atoms with Gasteiger partial charge in [-0.05, 0) is 60.7 Å². The predicted octanol–water partition coefficient (Wildman–Crippen LogP) is 2.38. The van der Waals surface area contributed by atoms with E-state index in [9.17, 15) is 9.59 Å². The zero-order valence-corrected chi connectivity index (χ0v) is 13.7. The van der Waals surface area contributed by atoms with Crippen molar-refractivity contribution >= 4 is 34.5 Å². The third-order valence-electron chi connectivity index (χ3n) is 2.69. The van der Waals surface area contributed by atoms with Gasteiger partial charge in [0.2, 0.25) is 0 Å². The standard InChI is InChI=1S/C14H18INO4/c1-10(2)16(8-7-14(18)19)13(17)9-20-12-5-3-11(15)4-6-12/h3-6,10H,7-9H2,1-2H3,(H,18,19). The Morgan fingerprint density at radius 2 is 1.90 bits per heavy atom. The lowest BCUT2D eigenvalue weighted by atomic mass is 10.2. The zero-order valence-electron chi connectivity index (χ0n) is 11.5. The average Bonchev–Trinajstić information content (AvgIpc) is 2.37. The highest BCUT2D eigenvalue weighted by molar-refractivity contribution is 14.1. The summed E-state index contributed by atoms with van der Waals surface area (Å²) in [4.78, 5) is 24.1. The molecule has 1 N–H and O–H groups in total. The molecule has 0 atom stereocenters. The Bertz CT molecular complexity index is 459. The number of carboxylic acids is 1. The van der Waals surface area contributed by atoms with Crippen LogP contribution in [-0.4, -0.2) is 41.1 Å². The quantitative estimate of drug-likeness (QED) is 0.725. The molecule has 6 heteroatoms. The van der Waals surface area contributed by atoms with Gasteiger partial charge in [-0.3, -0.25) is 9.59 Å². The number of carbonyl (C=O) groups excluding carboxylic acids is 1. The normalized spacial score (nSPS) is 10.4. The molecule has 110 valence electrons. The fraction of sp³-hybridized carbons (Fsp3) is 0.429. The maximum atomic E-state index is 12.0. The van der Waals surface area contributed by atoms with Gasteiger partial charge in [0.05, 0.1) is 6.42 Å². The Labute approximate surface area is 132 Å². The second-order valence-corrected chi connectivity index (χ2v) is 5.81. The van der Waals surface area contributed by atoms with Gasteiger partial charge in [-0.15, -0.1) is 0 Å². The molecule has 0 saturated carbocycles. The minimum Gasteiger partial charge on any atom is -0.484 e. The number of benzene rings is 1. The molecule has 0 spiro atoms. The van der Waals surface area contributed by atoms with Crippen LogP contribution in [0.15, 0.2) is 24.3 Å². The lowest BCUT2D eigenvalue weighted by molar-refractivity contribution is -0.139. The zero-order chi connectivity index (χ0) is 15.1. The lowest BCUT2D eigenvalue weighted by Gasteiger charge is -2.26. The van der Waals surface area contributed by atoms with E-state index in [0.29, 0.717) is 5.75 Å². The third-order valence-corrected chi connectivity index (χ3v) is 3.41. The minimum atomic E-state index is -0.915. The van der Waals surface area contributed by atoms with E-state index in [0.717, 1.165) is 3.57 Å². The number of hydrogen-bond acceptors (Lipinski definition) is 3. The van der Waals surface area contributed by atoms with Crippen LogP contribution in [0.2, 0.25) is 0 Å². The maximum absolute atomic E-state index is 12.0. The second kappa shape index (κ2) is 8.08. The van der Waals surface area contributed by atoms with Crippen molar-refractivity contribution in [1.29, 1.82) is 0 Å². The molecule has 0 unspecified atom stereocenters. The first-order valence-corrected chi connectivity index (χ1v) is 7.37. The van der Waals surface area contributed by atoms with Gasteiger partial charge in [-0.1, -0.05) is 0 Å². The summed E-state index contributed by atoms with van der Waals surface area (Å²) >= 11 is 2.19. The Morgan fingerprint density at radius 1 is 1.30 bits per heavy atom. The van der Waals surface area contributed by atoms with Crippen molar-refractivity contribution in [2.45, 2.75) is 26.3 Å². The summed E-state index contributed by atoms with van der Waals surface area (Å²) in [6, 6.07) is 7.33. The number of nitrogens with zero attached hydrogens (tertiary/aromatic N) is 1. The molecule has 0 bridgehead atoms. The predicted molar refractivity (Wildman–Crippen MR) is 83.8 cm³/mol. The van der Waals surface area contributed by atoms with Crippen LogP contribution < -0.4 is 4.74 Å². The number of ether oxygens (including phenoxy) is 1. The van der Waals surface area contributed by atoms with Crippen LogP contribution in [-0.2, 0) is 9.59 Å². The second-order valence-electron chi connectivity index (χ2n) is 4.57. The largest absolute Gasteiger partial charge is 0.484 e. The van der Waals surface area contributed by atoms with Gasteiger partial charge in [0, 0.05) is 16.2 Å². The summed E-state index contributed by atoms with van der Waals surface area (Å²) in [7, 11) is 0. The number of rotatable bonds is 7. The summed E-state index contributed by atoms with van der Waals surface area (Å²) in [6.07, 6.45) is -0.0621. The molecule has 5 nitrogen and oxygen atoms in total. The fourth-order valence-corrected chi connectivity index (χ4v) is 2.01. The number of aliphatic carboxylic acids is 1. The van der Waals surface area contributed by atoms with Crippen LogP contribution in [0.1, 0.15) is 20.3 Å². The molecule has 0 aromatic heterocycles. The number of carboxylic acid groups (broad SMARTS) is 1. The Hall–Kier alpha value is -1.31. The van der Waals surface area contributed by atoms with E-state index >= 15 is 0 Å². The average molecular weight is 391 g/mol. The molecule has 0 aliphatic heterocycles. The van der Waals surface area contributed by atoms with Crippen molar-refractivity contribution in [2.75, 3.05) is 13.2 Å². The molecule has 0 aliphatic rings. The summed E-state index contributed by atoms with van der Waals surface area (Å²) < 4.78 is 6.51. The number of carbonyl (C=O) groups is 2. The van der Waals surface area contributed by atoms with Crippen LogP contribution >= 0.6 is 22.6 Å². The summed E-state index contributed by atoms with van der Waals surface area (Å²) in [6.45, 7) is 3.82. The molecule has 1 rings (SSSR count). The minimum absolute atomic E-state index is 0.0535. The molecule has 0 saturated heterocycles. The Morgan fingerprint density at radius 3 is 2.40 bits per heavy atom. The van der Waals surface area contributed by atoms with Crippen molar-refractivity contribution in [1.82, 2.24) is 4.90 Å². The highest BCUT2D eigenvalue weighted by Crippen LogP contribution is 2.13. The van der Waals surface area contributed by atoms with Crippen LogP contribution in [0, 0.1) is 3.57 Å². The monoisotopic (exact) mass is 391 g/mol. The van der Waals surface area contributed by atoms with E-state index in [1.165, 1.54) is 4.90 Å². The fourth-order valence-electron chi connectivity index (χ4n) is 1.65. The SMILES string of the molecule is CC(C)N(CCC(=O)O)C(=O)COc1ccc(I)cc1. The van der Waals surface area contributed by atoms with Crippen LogP contribution in [0.3, 0.4) is 0 Å². The van der Waals surface area contributed by atoms with Crippen molar-refractivity contribution in [3.05, 3.63) is 27.8 Å². The van der Waals surface area contributed by atoms with Crippen LogP contribution in [0.5, 0.6) is 5.75 Å². The van der Waals surface area contributed by atoms with E-state index in [4.69, 9.17) is 9.84 Å². The molecule has 0 radical (unpaired) electrons. The molecular weight excluding hydrogens is 373 g/mol. The van der Waals surface area contributed by atoms with E-state index < -0.39 is 5.97 Å². The van der Waals surface area contributed by atoms with Crippen molar-refractivity contribution in [2.24, 2.45) is 0 Å². The topological polar surface area (TPSA) is 66.8 Å². The van der Waals surface area contributed by atoms with E-state index in [1.54, 1.807) is 12.1 Å². The molecule has 0 aliphatic carbocycles. The van der Waals surface area contributed by atoms with Gasteiger partial charge in [-0.25, -0.2) is 0 Å². The Balaban J connectivity index is 2.53. The first kappa shape index (κ1) is 16.7. The molecule has 1 aromatic rings. The number of halogens is 1. The highest BCUT2D eigenvalue weighted by Gasteiger charge is 2.18. The third kappa shape index (κ3) is 5.77. The smallest absolute Gasteiger partial charge is 0.305 e. The first-order chi connectivity index (χ1) is 9.40. The van der Waals surface area contributed by atoms with Gasteiger partial charge in [0.1, 0.15) is 5.75 Å². The van der Waals surface area contributed by atoms with Gasteiger partial charge in [-0.2, -0.15) is 0 Å². The van der Waals surface area contributed by atoms with E-state index in [-0.39, 0.29) is 31.5 Å². The van der Waals surface area contributed by atoms with Crippen LogP contribution in [0.25, 0.3) is 0 Å². The summed E-state index contributed by atoms with van der Waals surface area (Å²) in [5.74, 6) is -0.498. The van der Waals surface area contributed by atoms with Gasteiger partial charge in [0.15, 0.2) is 6.61 Å². The molecule has 0 fully saturated rings. The van der Waals surface area contributed by atoms with Crippen molar-refractivity contribution in [3.63, 3.8) is 0 Å². The lowest BCUT2D eigenvalue weighted by Crippen LogP contribution is -2.41. The van der Waals surface area contributed by atoms with Gasteiger partial charge < -0.3 is 14.7 Å². The van der Waals surface area contributed by atoms with Crippen LogP contribution in [0.4, 0.5) is 0 Å². The molecular formula is C14H18INO4. The van der Waals surface area contributed by atoms with Gasteiger partial charge >= 0.3 is 5.97 Å².